The van der Waals surface area contributed by atoms with E-state index in [9.17, 15) is 9.90 Å². The normalized spacial score (nSPS) is 15.5. The highest BCUT2D eigenvalue weighted by Gasteiger charge is 2.28. The molecule has 1 aliphatic rings. The molecule has 2 aromatic rings. The van der Waals surface area contributed by atoms with Gasteiger partial charge in [-0.1, -0.05) is 55.8 Å². The van der Waals surface area contributed by atoms with Crippen LogP contribution in [0.1, 0.15) is 43.7 Å². The van der Waals surface area contributed by atoms with Crippen molar-refractivity contribution in [2.75, 3.05) is 19.6 Å². The number of hydrogen-bond donors (Lipinski definition) is 1. The Morgan fingerprint density at radius 3 is 2.46 bits per heavy atom. The van der Waals surface area contributed by atoms with Crippen LogP contribution in [0.3, 0.4) is 0 Å². The SMILES string of the molecule is CCCCN(Cc1ccccc1)C(=O)C1CCN(Cc2cccc(O)c2)CC1. The van der Waals surface area contributed by atoms with Crippen LogP contribution in [0.2, 0.25) is 0 Å². The van der Waals surface area contributed by atoms with Crippen molar-refractivity contribution in [1.29, 1.82) is 0 Å². The number of phenols is 1. The molecule has 1 heterocycles. The van der Waals surface area contributed by atoms with Crippen molar-refractivity contribution >= 4 is 5.91 Å². The lowest BCUT2D eigenvalue weighted by molar-refractivity contribution is -0.137. The molecule has 1 N–H and O–H groups in total. The van der Waals surface area contributed by atoms with Gasteiger partial charge >= 0.3 is 0 Å². The molecule has 3 rings (SSSR count). The maximum Gasteiger partial charge on any atom is 0.226 e. The minimum atomic E-state index is 0.126. The predicted octanol–water partition coefficient (Wildman–Crippen LogP) is 4.43. The number of carbonyl (C=O) groups is 1. The highest BCUT2D eigenvalue weighted by atomic mass is 16.3. The Labute approximate surface area is 168 Å². The first-order valence-corrected chi connectivity index (χ1v) is 10.5. The van der Waals surface area contributed by atoms with Crippen molar-refractivity contribution < 1.29 is 9.90 Å². The van der Waals surface area contributed by atoms with Gasteiger partial charge in [0, 0.05) is 25.6 Å². The number of benzene rings is 2. The fourth-order valence-electron chi connectivity index (χ4n) is 3.93. The van der Waals surface area contributed by atoms with Gasteiger partial charge in [0.1, 0.15) is 5.75 Å². The predicted molar refractivity (Wildman–Crippen MR) is 113 cm³/mol. The topological polar surface area (TPSA) is 43.8 Å². The first-order chi connectivity index (χ1) is 13.7. The fourth-order valence-corrected chi connectivity index (χ4v) is 3.93. The van der Waals surface area contributed by atoms with E-state index >= 15 is 0 Å². The molecule has 0 aromatic heterocycles. The van der Waals surface area contributed by atoms with Gasteiger partial charge in [0.2, 0.25) is 5.91 Å². The van der Waals surface area contributed by atoms with Crippen molar-refractivity contribution in [1.82, 2.24) is 9.80 Å². The molecule has 0 atom stereocenters. The van der Waals surface area contributed by atoms with Crippen LogP contribution in [0.4, 0.5) is 0 Å². The van der Waals surface area contributed by atoms with Crippen molar-refractivity contribution in [2.24, 2.45) is 5.92 Å². The van der Waals surface area contributed by atoms with Gasteiger partial charge < -0.3 is 10.0 Å². The van der Waals surface area contributed by atoms with Crippen molar-refractivity contribution in [2.45, 2.75) is 45.7 Å². The van der Waals surface area contributed by atoms with Crippen LogP contribution >= 0.6 is 0 Å². The Balaban J connectivity index is 1.55. The van der Waals surface area contributed by atoms with Crippen LogP contribution in [0.15, 0.2) is 54.6 Å². The van der Waals surface area contributed by atoms with Crippen LogP contribution < -0.4 is 0 Å². The maximum absolute atomic E-state index is 13.2. The minimum absolute atomic E-state index is 0.126. The van der Waals surface area contributed by atoms with E-state index in [0.717, 1.165) is 57.4 Å². The quantitative estimate of drug-likeness (QED) is 0.737. The monoisotopic (exact) mass is 380 g/mol. The van der Waals surface area contributed by atoms with E-state index in [1.54, 1.807) is 6.07 Å². The van der Waals surface area contributed by atoms with E-state index < -0.39 is 0 Å². The molecule has 1 aliphatic heterocycles. The van der Waals surface area contributed by atoms with Gasteiger partial charge in [-0.15, -0.1) is 0 Å². The van der Waals surface area contributed by atoms with Gasteiger partial charge in [-0.2, -0.15) is 0 Å². The molecule has 2 aromatic carbocycles. The molecule has 0 unspecified atom stereocenters. The van der Waals surface area contributed by atoms with E-state index in [2.05, 4.69) is 28.9 Å². The lowest BCUT2D eigenvalue weighted by Crippen LogP contribution is -2.42. The second kappa shape index (κ2) is 10.3. The smallest absolute Gasteiger partial charge is 0.226 e. The molecule has 1 fully saturated rings. The Bertz CT molecular complexity index is 739. The van der Waals surface area contributed by atoms with E-state index in [4.69, 9.17) is 0 Å². The van der Waals surface area contributed by atoms with E-state index in [1.807, 2.05) is 36.4 Å². The molecule has 1 amide bonds. The number of aromatic hydroxyl groups is 1. The number of piperidine rings is 1. The first kappa shape index (κ1) is 20.4. The van der Waals surface area contributed by atoms with Gasteiger partial charge in [0.05, 0.1) is 0 Å². The fraction of sp³-hybridized carbons (Fsp3) is 0.458. The summed E-state index contributed by atoms with van der Waals surface area (Å²) in [5, 5.41) is 9.64. The Hall–Kier alpha value is -2.33. The summed E-state index contributed by atoms with van der Waals surface area (Å²) >= 11 is 0. The van der Waals surface area contributed by atoms with Gasteiger partial charge in [-0.3, -0.25) is 9.69 Å². The molecule has 28 heavy (non-hydrogen) atoms. The molecule has 0 saturated carbocycles. The zero-order valence-electron chi connectivity index (χ0n) is 16.9. The standard InChI is InChI=1S/C24H32N2O2/c1-2-3-14-26(19-20-8-5-4-6-9-20)24(28)22-12-15-25(16-13-22)18-21-10-7-11-23(27)17-21/h4-11,17,22,27H,2-3,12-16,18-19H2,1H3. The van der Waals surface area contributed by atoms with Gasteiger partial charge in [-0.25, -0.2) is 0 Å². The summed E-state index contributed by atoms with van der Waals surface area (Å²) in [6.07, 6.45) is 3.97. The number of likely N-dealkylation sites (tertiary alicyclic amines) is 1. The molecular weight excluding hydrogens is 348 g/mol. The third-order valence-corrected chi connectivity index (χ3v) is 5.56. The van der Waals surface area contributed by atoms with Crippen molar-refractivity contribution in [3.63, 3.8) is 0 Å². The summed E-state index contributed by atoms with van der Waals surface area (Å²) in [4.78, 5) is 17.6. The average molecular weight is 381 g/mol. The number of amides is 1. The highest BCUT2D eigenvalue weighted by Crippen LogP contribution is 2.23. The van der Waals surface area contributed by atoms with Crippen LogP contribution in [0.25, 0.3) is 0 Å². The summed E-state index contributed by atoms with van der Waals surface area (Å²) in [5.41, 5.74) is 2.33. The van der Waals surface area contributed by atoms with Crippen molar-refractivity contribution in [3.8, 4) is 5.75 Å². The van der Waals surface area contributed by atoms with Gasteiger partial charge in [-0.05, 0) is 55.6 Å². The lowest BCUT2D eigenvalue weighted by Gasteiger charge is -2.34. The largest absolute Gasteiger partial charge is 0.508 e. The molecule has 1 saturated heterocycles. The average Bonchev–Trinajstić information content (AvgIpc) is 2.72. The Kier molecular flexibility index (Phi) is 7.49. The van der Waals surface area contributed by atoms with Gasteiger partial charge in [0.25, 0.3) is 0 Å². The summed E-state index contributed by atoms with van der Waals surface area (Å²) in [7, 11) is 0. The lowest BCUT2D eigenvalue weighted by atomic mass is 9.94. The Morgan fingerprint density at radius 2 is 1.79 bits per heavy atom. The van der Waals surface area contributed by atoms with Crippen LogP contribution in [0, 0.1) is 5.92 Å². The van der Waals surface area contributed by atoms with E-state index in [-0.39, 0.29) is 5.92 Å². The summed E-state index contributed by atoms with van der Waals surface area (Å²) in [6, 6.07) is 17.8. The first-order valence-electron chi connectivity index (χ1n) is 10.5. The van der Waals surface area contributed by atoms with Crippen LogP contribution in [-0.2, 0) is 17.9 Å². The number of unbranched alkanes of at least 4 members (excludes halogenated alkanes) is 1. The van der Waals surface area contributed by atoms with E-state index in [0.29, 0.717) is 18.2 Å². The number of rotatable bonds is 8. The zero-order valence-corrected chi connectivity index (χ0v) is 16.9. The highest BCUT2D eigenvalue weighted by molar-refractivity contribution is 5.79. The maximum atomic E-state index is 13.2. The van der Waals surface area contributed by atoms with E-state index in [1.165, 1.54) is 5.56 Å². The third kappa shape index (κ3) is 5.83. The molecular formula is C24H32N2O2. The minimum Gasteiger partial charge on any atom is -0.508 e. The molecule has 0 radical (unpaired) electrons. The van der Waals surface area contributed by atoms with Crippen LogP contribution in [-0.4, -0.2) is 40.4 Å². The van der Waals surface area contributed by atoms with Crippen molar-refractivity contribution in [3.05, 3.63) is 65.7 Å². The number of nitrogens with zero attached hydrogens (tertiary/aromatic N) is 2. The third-order valence-electron chi connectivity index (χ3n) is 5.56. The summed E-state index contributed by atoms with van der Waals surface area (Å²) in [5.74, 6) is 0.755. The number of phenolic OH excluding ortho intramolecular Hbond substituents is 1. The molecule has 0 bridgehead atoms. The molecule has 0 aliphatic carbocycles. The molecule has 4 nitrogen and oxygen atoms in total. The number of hydrogen-bond acceptors (Lipinski definition) is 3. The second-order valence-corrected chi connectivity index (χ2v) is 7.82. The summed E-state index contributed by atoms with van der Waals surface area (Å²) in [6.45, 7) is 6.42. The zero-order chi connectivity index (χ0) is 19.8. The Morgan fingerprint density at radius 1 is 1.07 bits per heavy atom. The van der Waals surface area contributed by atoms with Gasteiger partial charge in [0.15, 0.2) is 0 Å². The van der Waals surface area contributed by atoms with Crippen LogP contribution in [0.5, 0.6) is 5.75 Å². The molecule has 0 spiro atoms. The number of carbonyl (C=O) groups excluding carboxylic acids is 1. The molecule has 4 heteroatoms. The molecule has 150 valence electrons. The second-order valence-electron chi connectivity index (χ2n) is 7.82. The summed E-state index contributed by atoms with van der Waals surface area (Å²) < 4.78 is 0.